The standard InChI is InChI=1S/C8H14N.Rh/c9-8-4-1-7(2-5-8)3-6-8;/h1-6,9H2;/q-1;. The first-order valence-electron chi connectivity index (χ1n) is 3.91. The van der Waals surface area contributed by atoms with Crippen molar-refractivity contribution in [2.24, 2.45) is 5.73 Å². The number of fused-ring (bicyclic) bond motifs is 3. The number of nitrogens with two attached hydrogens (primary N) is 1. The van der Waals surface area contributed by atoms with E-state index in [0.29, 0.717) is 0 Å². The number of hydrogen-bond donors (Lipinski definition) is 1. The third-order valence-electron chi connectivity index (χ3n) is 2.93. The second-order valence-electron chi connectivity index (χ2n) is 3.61. The first-order valence-corrected chi connectivity index (χ1v) is 3.91. The molecule has 3 fully saturated rings. The molecule has 1 nitrogen and oxygen atoms in total. The van der Waals surface area contributed by atoms with Crippen molar-refractivity contribution in [3.63, 3.8) is 0 Å². The minimum Gasteiger partial charge on any atom is -0.325 e. The zero-order valence-corrected chi connectivity index (χ0v) is 7.79. The van der Waals surface area contributed by atoms with Gasteiger partial charge in [-0.05, 0) is 0 Å². The van der Waals surface area contributed by atoms with Crippen LogP contribution in [0.25, 0.3) is 0 Å². The molecule has 2 heteroatoms. The average Bonchev–Trinajstić information content (AvgIpc) is 1.90. The molecule has 0 heterocycles. The van der Waals surface area contributed by atoms with Crippen molar-refractivity contribution >= 4 is 0 Å². The van der Waals surface area contributed by atoms with E-state index in [1.807, 2.05) is 0 Å². The van der Waals surface area contributed by atoms with E-state index in [1.54, 1.807) is 5.92 Å². The first-order chi connectivity index (χ1) is 4.29. The fourth-order valence-electron chi connectivity index (χ4n) is 2.03. The van der Waals surface area contributed by atoms with E-state index in [2.05, 4.69) is 0 Å². The van der Waals surface area contributed by atoms with Crippen LogP contribution in [-0.2, 0) is 19.5 Å². The Morgan fingerprint density at radius 3 is 1.60 bits per heavy atom. The van der Waals surface area contributed by atoms with Gasteiger partial charge in [0.25, 0.3) is 0 Å². The van der Waals surface area contributed by atoms with E-state index in [9.17, 15) is 0 Å². The predicted molar refractivity (Wildman–Crippen MR) is 37.9 cm³/mol. The van der Waals surface area contributed by atoms with Crippen molar-refractivity contribution in [3.8, 4) is 0 Å². The molecule has 0 spiro atoms. The fraction of sp³-hybridized carbons (Fsp3) is 0.875. The molecule has 61 valence electrons. The minimum atomic E-state index is 0. The SMILES string of the molecule is NC12CC[C-](CC1)CC2.[Rh]. The van der Waals surface area contributed by atoms with Crippen LogP contribution >= 0.6 is 0 Å². The summed E-state index contributed by atoms with van der Waals surface area (Å²) in [6, 6.07) is 0. The predicted octanol–water partition coefficient (Wildman–Crippen LogP) is 1.62. The molecule has 0 aromatic carbocycles. The normalized spacial score (nSPS) is 29.7. The van der Waals surface area contributed by atoms with Crippen LogP contribution < -0.4 is 5.73 Å². The maximum Gasteiger partial charge on any atom is 0.00814 e. The van der Waals surface area contributed by atoms with Gasteiger partial charge < -0.3 is 11.7 Å². The van der Waals surface area contributed by atoms with Crippen LogP contribution in [-0.4, -0.2) is 5.54 Å². The quantitative estimate of drug-likeness (QED) is 0.494. The van der Waals surface area contributed by atoms with E-state index in [-0.39, 0.29) is 25.0 Å². The summed E-state index contributed by atoms with van der Waals surface area (Å²) in [5, 5.41) is 0. The van der Waals surface area contributed by atoms with Gasteiger partial charge in [-0.25, -0.2) is 0 Å². The molecule has 2 bridgehead atoms. The molecule has 0 unspecified atom stereocenters. The van der Waals surface area contributed by atoms with E-state index >= 15 is 0 Å². The van der Waals surface area contributed by atoms with Crippen molar-refractivity contribution in [3.05, 3.63) is 5.92 Å². The Morgan fingerprint density at radius 1 is 1.00 bits per heavy atom. The van der Waals surface area contributed by atoms with Gasteiger partial charge >= 0.3 is 0 Å². The molecule has 3 saturated carbocycles. The van der Waals surface area contributed by atoms with Crippen LogP contribution in [0, 0.1) is 5.92 Å². The second kappa shape index (κ2) is 2.91. The Morgan fingerprint density at radius 2 is 1.40 bits per heavy atom. The third kappa shape index (κ3) is 1.43. The van der Waals surface area contributed by atoms with Crippen LogP contribution in [0.2, 0.25) is 0 Å². The first kappa shape index (κ1) is 8.68. The van der Waals surface area contributed by atoms with Gasteiger partial charge in [0.05, 0.1) is 0 Å². The molecule has 0 aliphatic heterocycles. The Kier molecular flexibility index (Phi) is 2.52. The number of rotatable bonds is 0. The third-order valence-corrected chi connectivity index (χ3v) is 2.93. The van der Waals surface area contributed by atoms with Crippen LogP contribution in [0.1, 0.15) is 38.5 Å². The van der Waals surface area contributed by atoms with Crippen molar-refractivity contribution in [1.29, 1.82) is 0 Å². The molecule has 3 aliphatic carbocycles. The summed E-state index contributed by atoms with van der Waals surface area (Å²) in [5.74, 6) is 1.78. The Labute approximate surface area is 75.5 Å². The maximum absolute atomic E-state index is 6.08. The topological polar surface area (TPSA) is 26.0 Å². The van der Waals surface area contributed by atoms with E-state index in [4.69, 9.17) is 5.73 Å². The van der Waals surface area contributed by atoms with Crippen LogP contribution in [0.4, 0.5) is 0 Å². The average molecular weight is 227 g/mol. The van der Waals surface area contributed by atoms with Crippen LogP contribution in [0.5, 0.6) is 0 Å². The molecule has 0 atom stereocenters. The van der Waals surface area contributed by atoms with Crippen LogP contribution in [0.15, 0.2) is 0 Å². The summed E-state index contributed by atoms with van der Waals surface area (Å²) in [5.41, 5.74) is 6.35. The summed E-state index contributed by atoms with van der Waals surface area (Å²) in [7, 11) is 0. The van der Waals surface area contributed by atoms with Gasteiger partial charge in [-0.15, -0.1) is 0 Å². The van der Waals surface area contributed by atoms with Crippen molar-refractivity contribution in [2.75, 3.05) is 0 Å². The summed E-state index contributed by atoms with van der Waals surface area (Å²) in [4.78, 5) is 0. The van der Waals surface area contributed by atoms with E-state index < -0.39 is 0 Å². The monoisotopic (exact) mass is 227 g/mol. The van der Waals surface area contributed by atoms with Crippen molar-refractivity contribution < 1.29 is 19.5 Å². The van der Waals surface area contributed by atoms with Gasteiger partial charge in [0, 0.05) is 25.0 Å². The van der Waals surface area contributed by atoms with E-state index in [0.717, 1.165) is 0 Å². The molecule has 0 saturated heterocycles. The molecule has 3 rings (SSSR count). The zero-order chi connectivity index (χ0) is 6.32. The Balaban J connectivity index is 0.000000500. The van der Waals surface area contributed by atoms with Gasteiger partial charge in [0.1, 0.15) is 0 Å². The van der Waals surface area contributed by atoms with E-state index in [1.165, 1.54) is 38.5 Å². The summed E-state index contributed by atoms with van der Waals surface area (Å²) in [6.07, 6.45) is 7.79. The molecule has 0 aromatic rings. The van der Waals surface area contributed by atoms with Gasteiger partial charge in [-0.3, -0.25) is 0 Å². The maximum atomic E-state index is 6.08. The fourth-order valence-corrected chi connectivity index (χ4v) is 2.03. The van der Waals surface area contributed by atoms with Gasteiger partial charge in [0.15, 0.2) is 0 Å². The van der Waals surface area contributed by atoms with Gasteiger partial charge in [-0.2, -0.15) is 19.3 Å². The number of hydrogen-bond acceptors (Lipinski definition) is 1. The van der Waals surface area contributed by atoms with Crippen molar-refractivity contribution in [2.45, 2.75) is 44.1 Å². The molecule has 1 radical (unpaired) electrons. The summed E-state index contributed by atoms with van der Waals surface area (Å²) >= 11 is 0. The van der Waals surface area contributed by atoms with Gasteiger partial charge in [-0.1, -0.05) is 19.3 Å². The largest absolute Gasteiger partial charge is 0.325 e. The Bertz CT molecular complexity index is 103. The molecular formula is C8H14NRh-. The Hall–Kier alpha value is 0.583. The van der Waals surface area contributed by atoms with Crippen LogP contribution in [0.3, 0.4) is 0 Å². The zero-order valence-electron chi connectivity index (χ0n) is 6.15. The van der Waals surface area contributed by atoms with Crippen molar-refractivity contribution in [1.82, 2.24) is 0 Å². The molecule has 0 amide bonds. The minimum absolute atomic E-state index is 0. The molecule has 3 aliphatic rings. The van der Waals surface area contributed by atoms with Gasteiger partial charge in [0.2, 0.25) is 0 Å². The molecule has 10 heavy (non-hydrogen) atoms. The smallest absolute Gasteiger partial charge is 0.00814 e. The molecular weight excluding hydrogens is 213 g/mol. The molecule has 0 aromatic heterocycles. The summed E-state index contributed by atoms with van der Waals surface area (Å²) < 4.78 is 0. The molecule has 2 N–H and O–H groups in total. The second-order valence-corrected chi connectivity index (χ2v) is 3.61. The summed E-state index contributed by atoms with van der Waals surface area (Å²) in [6.45, 7) is 0.